The highest BCUT2D eigenvalue weighted by atomic mass is 16.5. The number of aromatic nitrogens is 2. The lowest BCUT2D eigenvalue weighted by atomic mass is 9.90. The Bertz CT molecular complexity index is 661. The van der Waals surface area contributed by atoms with Crippen LogP contribution in [0.15, 0.2) is 36.7 Å². The van der Waals surface area contributed by atoms with Gasteiger partial charge in [-0.2, -0.15) is 10.2 Å². The number of amides is 1. The molecule has 0 aliphatic carbocycles. The van der Waals surface area contributed by atoms with E-state index in [1.807, 2.05) is 18.2 Å². The minimum atomic E-state index is -0.454. The van der Waals surface area contributed by atoms with Crippen LogP contribution in [-0.4, -0.2) is 36.6 Å². The Morgan fingerprint density at radius 2 is 2.32 bits per heavy atom. The van der Waals surface area contributed by atoms with Gasteiger partial charge in [0.15, 0.2) is 0 Å². The molecule has 0 bridgehead atoms. The fourth-order valence-electron chi connectivity index (χ4n) is 2.72. The first-order valence-electron chi connectivity index (χ1n) is 7.12. The lowest BCUT2D eigenvalue weighted by Crippen LogP contribution is -2.31. The molecule has 22 heavy (non-hydrogen) atoms. The van der Waals surface area contributed by atoms with Crippen molar-refractivity contribution in [1.29, 1.82) is 0 Å². The summed E-state index contributed by atoms with van der Waals surface area (Å²) in [7, 11) is 1.35. The average Bonchev–Trinajstić information content (AvgIpc) is 2.59. The first-order valence-corrected chi connectivity index (χ1v) is 7.12. The number of hydrogen-bond donors (Lipinski definition) is 1. The van der Waals surface area contributed by atoms with Crippen LogP contribution < -0.4 is 5.32 Å². The fraction of sp³-hybridized carbons (Fsp3) is 0.312. The normalized spacial score (nSPS) is 16.7. The Hall–Kier alpha value is -2.47. The van der Waals surface area contributed by atoms with E-state index in [0.717, 1.165) is 23.1 Å². The van der Waals surface area contributed by atoms with E-state index < -0.39 is 6.09 Å². The van der Waals surface area contributed by atoms with Gasteiger partial charge in [-0.05, 0) is 29.2 Å². The monoisotopic (exact) mass is 299 g/mol. The quantitative estimate of drug-likeness (QED) is 0.939. The largest absolute Gasteiger partial charge is 0.453 e. The predicted octanol–water partition coefficient (Wildman–Crippen LogP) is 2.11. The summed E-state index contributed by atoms with van der Waals surface area (Å²) in [6.45, 7) is 1.01. The third kappa shape index (κ3) is 2.92. The van der Waals surface area contributed by atoms with Crippen molar-refractivity contribution >= 4 is 6.09 Å². The number of carbonyl (C=O) groups is 1. The summed E-state index contributed by atoms with van der Waals surface area (Å²) in [5.41, 5.74) is 4.50. The van der Waals surface area contributed by atoms with E-state index in [1.165, 1.54) is 12.7 Å². The van der Waals surface area contributed by atoms with Gasteiger partial charge in [0, 0.05) is 5.56 Å². The van der Waals surface area contributed by atoms with Crippen LogP contribution in [0.25, 0.3) is 11.1 Å². The summed E-state index contributed by atoms with van der Waals surface area (Å²) < 4.78 is 10.4. The van der Waals surface area contributed by atoms with Gasteiger partial charge in [0.25, 0.3) is 0 Å². The molecule has 0 fully saturated rings. The van der Waals surface area contributed by atoms with Gasteiger partial charge in [-0.3, -0.25) is 0 Å². The number of rotatable bonds is 3. The van der Waals surface area contributed by atoms with E-state index in [4.69, 9.17) is 4.74 Å². The zero-order valence-corrected chi connectivity index (χ0v) is 12.3. The van der Waals surface area contributed by atoms with Gasteiger partial charge in [-0.1, -0.05) is 18.2 Å². The molecule has 0 radical (unpaired) electrons. The summed E-state index contributed by atoms with van der Waals surface area (Å²) >= 11 is 0. The molecule has 6 nitrogen and oxygen atoms in total. The smallest absolute Gasteiger partial charge is 0.406 e. The summed E-state index contributed by atoms with van der Waals surface area (Å²) in [5.74, 6) is 0. The first kappa shape index (κ1) is 14.5. The van der Waals surface area contributed by atoms with Crippen LogP contribution in [0.5, 0.6) is 0 Å². The highest BCUT2D eigenvalue weighted by Crippen LogP contribution is 2.33. The summed E-state index contributed by atoms with van der Waals surface area (Å²) in [6, 6.07) is 8.05. The van der Waals surface area contributed by atoms with E-state index in [1.54, 1.807) is 12.4 Å². The summed E-state index contributed by atoms with van der Waals surface area (Å²) in [6.07, 6.45) is 3.66. The summed E-state index contributed by atoms with van der Waals surface area (Å²) in [4.78, 5) is 11.3. The molecule has 1 aliphatic heterocycles. The van der Waals surface area contributed by atoms with Crippen molar-refractivity contribution in [1.82, 2.24) is 15.5 Å². The number of methoxy groups -OCH3 is 1. The molecule has 1 atom stereocenters. The minimum absolute atomic E-state index is 0.169. The minimum Gasteiger partial charge on any atom is -0.453 e. The fourth-order valence-corrected chi connectivity index (χ4v) is 2.72. The highest BCUT2D eigenvalue weighted by molar-refractivity contribution is 5.69. The number of nitrogens with zero attached hydrogens (tertiary/aromatic N) is 2. The van der Waals surface area contributed by atoms with Crippen molar-refractivity contribution in [2.24, 2.45) is 0 Å². The van der Waals surface area contributed by atoms with Crippen LogP contribution >= 0.6 is 0 Å². The molecule has 1 aromatic heterocycles. The Balaban J connectivity index is 1.90. The van der Waals surface area contributed by atoms with Crippen LogP contribution in [0.4, 0.5) is 4.79 Å². The van der Waals surface area contributed by atoms with Gasteiger partial charge < -0.3 is 14.8 Å². The maximum Gasteiger partial charge on any atom is 0.406 e. The van der Waals surface area contributed by atoms with E-state index in [-0.39, 0.29) is 6.10 Å². The van der Waals surface area contributed by atoms with Gasteiger partial charge in [-0.25, -0.2) is 4.79 Å². The van der Waals surface area contributed by atoms with E-state index >= 15 is 0 Å². The number of nitrogens with one attached hydrogen (secondary N) is 1. The first-order chi connectivity index (χ1) is 10.8. The van der Waals surface area contributed by atoms with Crippen LogP contribution in [0.1, 0.15) is 17.2 Å². The molecule has 0 unspecified atom stereocenters. The SMILES string of the molecule is COC(=O)NC[C@@H]1OCCc2c(-c3ccnnc3)cccc21. The third-order valence-corrected chi connectivity index (χ3v) is 3.74. The molecule has 0 spiro atoms. The van der Waals surface area contributed by atoms with Crippen LogP contribution in [0, 0.1) is 0 Å². The number of alkyl carbamates (subject to hydrolysis) is 1. The van der Waals surface area contributed by atoms with E-state index in [2.05, 4.69) is 26.3 Å². The topological polar surface area (TPSA) is 73.3 Å². The molecular formula is C16H17N3O3. The van der Waals surface area contributed by atoms with E-state index in [0.29, 0.717) is 13.2 Å². The third-order valence-electron chi connectivity index (χ3n) is 3.74. The molecule has 2 heterocycles. The molecule has 0 saturated heterocycles. The number of carbonyl (C=O) groups excluding carboxylic acids is 1. The number of benzene rings is 1. The molecular weight excluding hydrogens is 282 g/mol. The molecule has 6 heteroatoms. The summed E-state index contributed by atoms with van der Waals surface area (Å²) in [5, 5.41) is 10.5. The van der Waals surface area contributed by atoms with Crippen molar-refractivity contribution in [2.45, 2.75) is 12.5 Å². The van der Waals surface area contributed by atoms with Crippen molar-refractivity contribution in [3.05, 3.63) is 47.8 Å². The zero-order valence-electron chi connectivity index (χ0n) is 12.3. The Morgan fingerprint density at radius 1 is 1.41 bits per heavy atom. The van der Waals surface area contributed by atoms with Gasteiger partial charge in [-0.15, -0.1) is 0 Å². The van der Waals surface area contributed by atoms with Crippen LogP contribution in [0.2, 0.25) is 0 Å². The van der Waals surface area contributed by atoms with E-state index in [9.17, 15) is 4.79 Å². The number of ether oxygens (including phenoxy) is 2. The second-order valence-electron chi connectivity index (χ2n) is 4.99. The second-order valence-corrected chi connectivity index (χ2v) is 4.99. The predicted molar refractivity (Wildman–Crippen MR) is 80.3 cm³/mol. The Morgan fingerprint density at radius 3 is 3.09 bits per heavy atom. The van der Waals surface area contributed by atoms with Crippen molar-refractivity contribution in [3.8, 4) is 11.1 Å². The van der Waals surface area contributed by atoms with Gasteiger partial charge in [0.2, 0.25) is 0 Å². The maximum absolute atomic E-state index is 11.3. The van der Waals surface area contributed by atoms with Gasteiger partial charge in [0.05, 0.1) is 32.7 Å². The standard InChI is InChI=1S/C16H17N3O3/c1-21-16(20)17-10-15-14-4-2-3-12(13(14)6-8-22-15)11-5-7-18-19-9-11/h2-5,7,9,15H,6,8,10H2,1H3,(H,17,20)/t15-/m0/s1. The molecule has 1 aliphatic rings. The second kappa shape index (κ2) is 6.53. The molecule has 3 rings (SSSR count). The number of hydrogen-bond acceptors (Lipinski definition) is 5. The molecule has 1 N–H and O–H groups in total. The molecule has 0 saturated carbocycles. The highest BCUT2D eigenvalue weighted by Gasteiger charge is 2.23. The molecule has 114 valence electrons. The molecule has 1 amide bonds. The molecule has 1 aromatic carbocycles. The zero-order chi connectivity index (χ0) is 15.4. The maximum atomic E-state index is 11.3. The van der Waals surface area contributed by atoms with Gasteiger partial charge in [0.1, 0.15) is 6.10 Å². The van der Waals surface area contributed by atoms with Crippen LogP contribution in [-0.2, 0) is 15.9 Å². The Kier molecular flexibility index (Phi) is 4.29. The van der Waals surface area contributed by atoms with Crippen molar-refractivity contribution < 1.29 is 14.3 Å². The van der Waals surface area contributed by atoms with Crippen LogP contribution in [0.3, 0.4) is 0 Å². The number of fused-ring (bicyclic) bond motifs is 1. The molecule has 2 aromatic rings. The van der Waals surface area contributed by atoms with Gasteiger partial charge >= 0.3 is 6.09 Å². The average molecular weight is 299 g/mol. The van der Waals surface area contributed by atoms with Crippen molar-refractivity contribution in [2.75, 3.05) is 20.3 Å². The lowest BCUT2D eigenvalue weighted by Gasteiger charge is -2.28. The lowest BCUT2D eigenvalue weighted by molar-refractivity contribution is 0.0421. The Labute approximate surface area is 128 Å². The van der Waals surface area contributed by atoms with Crippen molar-refractivity contribution in [3.63, 3.8) is 0 Å².